The zero-order valence-electron chi connectivity index (χ0n) is 16.5. The van der Waals surface area contributed by atoms with Crippen molar-refractivity contribution in [1.29, 1.82) is 0 Å². The third-order valence-electron chi connectivity index (χ3n) is 5.08. The van der Waals surface area contributed by atoms with Crippen molar-refractivity contribution in [2.24, 2.45) is 5.73 Å². The van der Waals surface area contributed by atoms with E-state index >= 15 is 0 Å². The maximum Gasteiger partial charge on any atom is 0.278 e. The molecule has 4 aromatic rings. The number of nitrogens with one attached hydrogen (secondary N) is 1. The van der Waals surface area contributed by atoms with Crippen LogP contribution in [0.25, 0.3) is 17.1 Å². The SMILES string of the molecule is NC(=O)c1ccn(-c2ccccc2NC(=O)c2nc(-c3ccccc3)oc2C2CC2)n1. The molecular formula is C23H19N5O3. The Kier molecular flexibility index (Phi) is 4.59. The molecule has 0 atom stereocenters. The van der Waals surface area contributed by atoms with Crippen LogP contribution < -0.4 is 11.1 Å². The van der Waals surface area contributed by atoms with Gasteiger partial charge in [0.2, 0.25) is 5.89 Å². The van der Waals surface area contributed by atoms with E-state index < -0.39 is 5.91 Å². The van der Waals surface area contributed by atoms with Crippen LogP contribution in [-0.4, -0.2) is 26.6 Å². The number of rotatable bonds is 6. The molecule has 154 valence electrons. The fourth-order valence-corrected chi connectivity index (χ4v) is 3.37. The third kappa shape index (κ3) is 3.71. The van der Waals surface area contributed by atoms with Gasteiger partial charge in [0.25, 0.3) is 11.8 Å². The first-order valence-electron chi connectivity index (χ1n) is 9.92. The lowest BCUT2D eigenvalue weighted by atomic mass is 10.2. The van der Waals surface area contributed by atoms with Gasteiger partial charge in [-0.05, 0) is 43.2 Å². The Labute approximate surface area is 177 Å². The van der Waals surface area contributed by atoms with E-state index in [0.717, 1.165) is 18.4 Å². The van der Waals surface area contributed by atoms with Crippen LogP contribution in [0.15, 0.2) is 71.3 Å². The first-order chi connectivity index (χ1) is 15.1. The lowest BCUT2D eigenvalue weighted by Crippen LogP contribution is -2.16. The first kappa shape index (κ1) is 18.8. The average Bonchev–Trinajstić information content (AvgIpc) is 3.33. The van der Waals surface area contributed by atoms with Crippen molar-refractivity contribution in [3.8, 4) is 17.1 Å². The molecular weight excluding hydrogens is 394 g/mol. The van der Waals surface area contributed by atoms with Gasteiger partial charge >= 0.3 is 0 Å². The molecule has 0 radical (unpaired) electrons. The van der Waals surface area contributed by atoms with Crippen molar-refractivity contribution in [3.05, 3.63) is 84.0 Å². The average molecular weight is 413 g/mol. The predicted molar refractivity (Wildman–Crippen MR) is 114 cm³/mol. The van der Waals surface area contributed by atoms with E-state index in [-0.39, 0.29) is 23.2 Å². The van der Waals surface area contributed by atoms with E-state index in [9.17, 15) is 9.59 Å². The Hall–Kier alpha value is -4.20. The van der Waals surface area contributed by atoms with Crippen LogP contribution in [0.2, 0.25) is 0 Å². The second kappa shape index (κ2) is 7.56. The van der Waals surface area contributed by atoms with Gasteiger partial charge in [-0.1, -0.05) is 30.3 Å². The van der Waals surface area contributed by atoms with Crippen LogP contribution in [0.4, 0.5) is 5.69 Å². The fourth-order valence-electron chi connectivity index (χ4n) is 3.37. The summed E-state index contributed by atoms with van der Waals surface area (Å²) in [6, 6.07) is 18.2. The Bertz CT molecular complexity index is 1270. The van der Waals surface area contributed by atoms with Gasteiger partial charge in [0.15, 0.2) is 5.69 Å². The van der Waals surface area contributed by atoms with Crippen molar-refractivity contribution in [3.63, 3.8) is 0 Å². The van der Waals surface area contributed by atoms with E-state index in [2.05, 4.69) is 15.4 Å². The Morgan fingerprint density at radius 2 is 1.77 bits per heavy atom. The molecule has 1 aliphatic carbocycles. The van der Waals surface area contributed by atoms with Gasteiger partial charge in [-0.15, -0.1) is 0 Å². The van der Waals surface area contributed by atoms with Crippen molar-refractivity contribution < 1.29 is 14.0 Å². The number of carbonyl (C=O) groups excluding carboxylic acids is 2. The minimum atomic E-state index is -0.620. The van der Waals surface area contributed by atoms with Crippen LogP contribution >= 0.6 is 0 Å². The summed E-state index contributed by atoms with van der Waals surface area (Å²) in [6.45, 7) is 0. The number of nitrogens with two attached hydrogens (primary N) is 1. The molecule has 2 amide bonds. The number of hydrogen-bond acceptors (Lipinski definition) is 5. The third-order valence-corrected chi connectivity index (χ3v) is 5.08. The molecule has 0 spiro atoms. The molecule has 1 fully saturated rings. The summed E-state index contributed by atoms with van der Waals surface area (Å²) in [5.74, 6) is 0.279. The summed E-state index contributed by atoms with van der Waals surface area (Å²) in [5, 5.41) is 7.09. The van der Waals surface area contributed by atoms with Crippen molar-refractivity contribution in [1.82, 2.24) is 14.8 Å². The van der Waals surface area contributed by atoms with Crippen molar-refractivity contribution in [2.45, 2.75) is 18.8 Å². The maximum atomic E-state index is 13.2. The molecule has 1 aliphatic rings. The number of nitrogens with zero attached hydrogens (tertiary/aromatic N) is 3. The number of carbonyl (C=O) groups is 2. The van der Waals surface area contributed by atoms with Gasteiger partial charge in [-0.3, -0.25) is 9.59 Å². The minimum Gasteiger partial charge on any atom is -0.440 e. The molecule has 0 unspecified atom stereocenters. The summed E-state index contributed by atoms with van der Waals surface area (Å²) in [5.41, 5.74) is 7.67. The van der Waals surface area contributed by atoms with E-state index in [1.54, 1.807) is 24.4 Å². The van der Waals surface area contributed by atoms with Crippen LogP contribution in [0, 0.1) is 0 Å². The zero-order chi connectivity index (χ0) is 21.4. The second-order valence-corrected chi connectivity index (χ2v) is 7.35. The molecule has 2 aromatic heterocycles. The summed E-state index contributed by atoms with van der Waals surface area (Å²) in [6.07, 6.45) is 3.57. The van der Waals surface area contributed by atoms with E-state index in [1.807, 2.05) is 36.4 Å². The second-order valence-electron chi connectivity index (χ2n) is 7.35. The molecule has 0 saturated heterocycles. The smallest absolute Gasteiger partial charge is 0.278 e. The topological polar surface area (TPSA) is 116 Å². The largest absolute Gasteiger partial charge is 0.440 e. The minimum absolute atomic E-state index is 0.140. The number of hydrogen-bond donors (Lipinski definition) is 2. The fraction of sp³-hybridized carbons (Fsp3) is 0.130. The highest BCUT2D eigenvalue weighted by Gasteiger charge is 2.34. The van der Waals surface area contributed by atoms with E-state index in [0.29, 0.717) is 23.0 Å². The molecule has 2 aromatic carbocycles. The first-order valence-corrected chi connectivity index (χ1v) is 9.92. The summed E-state index contributed by atoms with van der Waals surface area (Å²) in [7, 11) is 0. The van der Waals surface area contributed by atoms with Gasteiger partial charge in [0.05, 0.1) is 11.4 Å². The molecule has 8 nitrogen and oxygen atoms in total. The quantitative estimate of drug-likeness (QED) is 0.499. The molecule has 8 heteroatoms. The zero-order valence-corrected chi connectivity index (χ0v) is 16.5. The molecule has 1 saturated carbocycles. The molecule has 31 heavy (non-hydrogen) atoms. The lowest BCUT2D eigenvalue weighted by Gasteiger charge is -2.10. The molecule has 0 bridgehead atoms. The number of anilines is 1. The Balaban J connectivity index is 1.47. The molecule has 5 rings (SSSR count). The maximum absolute atomic E-state index is 13.2. The van der Waals surface area contributed by atoms with Gasteiger partial charge in [0.1, 0.15) is 11.5 Å². The van der Waals surface area contributed by atoms with Crippen molar-refractivity contribution in [2.75, 3.05) is 5.32 Å². The molecule has 0 aliphatic heterocycles. The highest BCUT2D eigenvalue weighted by Crippen LogP contribution is 2.43. The highest BCUT2D eigenvalue weighted by atomic mass is 16.4. The Morgan fingerprint density at radius 1 is 1.03 bits per heavy atom. The molecule has 2 heterocycles. The van der Waals surface area contributed by atoms with Crippen LogP contribution in [0.1, 0.15) is 45.5 Å². The Morgan fingerprint density at radius 3 is 2.48 bits per heavy atom. The van der Waals surface area contributed by atoms with Crippen LogP contribution in [-0.2, 0) is 0 Å². The monoisotopic (exact) mass is 413 g/mol. The molecule has 3 N–H and O–H groups in total. The number of para-hydroxylation sites is 2. The predicted octanol–water partition coefficient (Wildman–Crippen LogP) is 3.76. The van der Waals surface area contributed by atoms with Gasteiger partial charge < -0.3 is 15.5 Å². The van der Waals surface area contributed by atoms with Crippen molar-refractivity contribution >= 4 is 17.5 Å². The number of amides is 2. The van der Waals surface area contributed by atoms with E-state index in [4.69, 9.17) is 10.2 Å². The van der Waals surface area contributed by atoms with E-state index in [1.165, 1.54) is 10.7 Å². The number of oxazole rings is 1. The van der Waals surface area contributed by atoms with Crippen LogP contribution in [0.5, 0.6) is 0 Å². The van der Waals surface area contributed by atoms with Gasteiger partial charge in [-0.2, -0.15) is 5.10 Å². The lowest BCUT2D eigenvalue weighted by molar-refractivity contribution is 0.0992. The highest BCUT2D eigenvalue weighted by molar-refractivity contribution is 6.05. The number of benzene rings is 2. The summed E-state index contributed by atoms with van der Waals surface area (Å²) >= 11 is 0. The number of primary amides is 1. The van der Waals surface area contributed by atoms with Gasteiger partial charge in [0, 0.05) is 17.7 Å². The number of aromatic nitrogens is 3. The van der Waals surface area contributed by atoms with Crippen LogP contribution in [0.3, 0.4) is 0 Å². The standard InChI is InChI=1S/C23H19N5O3/c24-21(29)17-12-13-28(27-17)18-9-5-4-8-16(18)25-22(30)19-20(14-10-11-14)31-23(26-19)15-6-2-1-3-7-15/h1-9,12-14H,10-11H2,(H2,24,29)(H,25,30). The van der Waals surface area contributed by atoms with Gasteiger partial charge in [-0.25, -0.2) is 9.67 Å². The normalized spacial score (nSPS) is 13.2. The summed E-state index contributed by atoms with van der Waals surface area (Å²) in [4.78, 5) is 29.1. The summed E-state index contributed by atoms with van der Waals surface area (Å²) < 4.78 is 7.48.